The largest absolute Gasteiger partial charge is 0.573 e. The Balaban J connectivity index is 2.41. The topological polar surface area (TPSA) is 59.4 Å². The number of benzene rings is 1. The van der Waals surface area contributed by atoms with Crippen LogP contribution in [0.3, 0.4) is 0 Å². The first-order valence-electron chi connectivity index (χ1n) is 5.51. The number of halogens is 4. The monoisotopic (exact) mass is 301 g/mol. The molecule has 1 heterocycles. The van der Waals surface area contributed by atoms with Crippen molar-refractivity contribution in [2.24, 2.45) is 0 Å². The number of hydrogen-bond acceptors (Lipinski definition) is 3. The Bertz CT molecular complexity index is 685. The highest BCUT2D eigenvalue weighted by molar-refractivity contribution is 5.89. The Kier molecular flexibility index (Phi) is 3.79. The highest BCUT2D eigenvalue weighted by Gasteiger charge is 2.31. The number of carboxylic acids is 1. The van der Waals surface area contributed by atoms with Gasteiger partial charge in [-0.1, -0.05) is 12.1 Å². The van der Waals surface area contributed by atoms with Crippen LogP contribution < -0.4 is 4.74 Å². The van der Waals surface area contributed by atoms with Gasteiger partial charge in [-0.2, -0.15) is 4.39 Å². The van der Waals surface area contributed by atoms with Crippen LogP contribution in [0.1, 0.15) is 10.4 Å². The number of pyridine rings is 1. The fourth-order valence-corrected chi connectivity index (χ4v) is 1.63. The molecule has 0 amide bonds. The molecule has 0 atom stereocenters. The number of rotatable bonds is 3. The van der Waals surface area contributed by atoms with Gasteiger partial charge >= 0.3 is 12.3 Å². The van der Waals surface area contributed by atoms with Crippen molar-refractivity contribution in [3.63, 3.8) is 0 Å². The van der Waals surface area contributed by atoms with Crippen molar-refractivity contribution >= 4 is 5.97 Å². The van der Waals surface area contributed by atoms with Crippen LogP contribution in [0, 0.1) is 5.95 Å². The van der Waals surface area contributed by atoms with Gasteiger partial charge in [-0.3, -0.25) is 0 Å². The minimum atomic E-state index is -4.84. The Morgan fingerprint density at radius 2 is 1.90 bits per heavy atom. The van der Waals surface area contributed by atoms with Gasteiger partial charge in [-0.05, 0) is 23.8 Å². The van der Waals surface area contributed by atoms with E-state index in [2.05, 4.69) is 9.72 Å². The molecule has 0 radical (unpaired) electrons. The van der Waals surface area contributed by atoms with Crippen LogP contribution in [0.4, 0.5) is 17.6 Å². The molecule has 110 valence electrons. The van der Waals surface area contributed by atoms with Gasteiger partial charge in [-0.25, -0.2) is 9.78 Å². The highest BCUT2D eigenvalue weighted by atomic mass is 19.4. The lowest BCUT2D eigenvalue weighted by atomic mass is 10.1. The van der Waals surface area contributed by atoms with Gasteiger partial charge in [0.25, 0.3) is 0 Å². The molecule has 8 heteroatoms. The predicted octanol–water partition coefficient (Wildman–Crippen LogP) is 3.48. The third-order valence-electron chi connectivity index (χ3n) is 2.47. The maximum atomic E-state index is 13.2. The fourth-order valence-electron chi connectivity index (χ4n) is 1.63. The SMILES string of the molecule is O=C(O)c1cc(-c2cccc(OC(F)(F)F)c2)cnc1F. The summed E-state index contributed by atoms with van der Waals surface area (Å²) in [7, 11) is 0. The highest BCUT2D eigenvalue weighted by Crippen LogP contribution is 2.28. The molecule has 0 aliphatic heterocycles. The second-order valence-corrected chi connectivity index (χ2v) is 3.94. The van der Waals surface area contributed by atoms with Crippen molar-refractivity contribution in [1.82, 2.24) is 4.98 Å². The molecule has 2 rings (SSSR count). The van der Waals surface area contributed by atoms with E-state index in [0.717, 1.165) is 24.4 Å². The summed E-state index contributed by atoms with van der Waals surface area (Å²) in [6.07, 6.45) is -3.82. The molecular formula is C13H7F4NO3. The fraction of sp³-hybridized carbons (Fsp3) is 0.0769. The molecule has 0 aliphatic rings. The van der Waals surface area contributed by atoms with Gasteiger partial charge in [0.2, 0.25) is 5.95 Å². The number of alkyl halides is 3. The van der Waals surface area contributed by atoms with Crippen LogP contribution >= 0.6 is 0 Å². The van der Waals surface area contributed by atoms with Crippen molar-refractivity contribution in [3.05, 3.63) is 48.0 Å². The summed E-state index contributed by atoms with van der Waals surface area (Å²) in [5.74, 6) is -3.17. The maximum Gasteiger partial charge on any atom is 0.573 e. The summed E-state index contributed by atoms with van der Waals surface area (Å²) in [4.78, 5) is 14.1. The molecule has 0 fully saturated rings. The van der Waals surface area contributed by atoms with Crippen LogP contribution in [0.25, 0.3) is 11.1 Å². The van der Waals surface area contributed by atoms with Crippen molar-refractivity contribution < 1.29 is 32.2 Å². The Hall–Kier alpha value is -2.64. The van der Waals surface area contributed by atoms with E-state index in [1.807, 2.05) is 0 Å². The first-order valence-corrected chi connectivity index (χ1v) is 5.51. The molecular weight excluding hydrogens is 294 g/mol. The number of hydrogen-bond donors (Lipinski definition) is 1. The first kappa shape index (κ1) is 14.8. The molecule has 0 saturated carbocycles. The molecule has 0 bridgehead atoms. The molecule has 4 nitrogen and oxygen atoms in total. The predicted molar refractivity (Wildman–Crippen MR) is 63.3 cm³/mol. The van der Waals surface area contributed by atoms with Crippen LogP contribution in [0.5, 0.6) is 5.75 Å². The van der Waals surface area contributed by atoms with Crippen LogP contribution in [-0.2, 0) is 0 Å². The zero-order chi connectivity index (χ0) is 15.6. The van der Waals surface area contributed by atoms with Crippen molar-refractivity contribution in [2.75, 3.05) is 0 Å². The summed E-state index contributed by atoms with van der Waals surface area (Å²) in [6.45, 7) is 0. The van der Waals surface area contributed by atoms with Crippen molar-refractivity contribution in [2.45, 2.75) is 6.36 Å². The third kappa shape index (κ3) is 3.68. The molecule has 2 aromatic rings. The number of ether oxygens (including phenoxy) is 1. The maximum absolute atomic E-state index is 13.2. The summed E-state index contributed by atoms with van der Waals surface area (Å²) >= 11 is 0. The van der Waals surface area contributed by atoms with Gasteiger partial charge in [0.1, 0.15) is 11.3 Å². The summed E-state index contributed by atoms with van der Waals surface area (Å²) in [5, 5.41) is 8.79. The lowest BCUT2D eigenvalue weighted by molar-refractivity contribution is -0.274. The van der Waals surface area contributed by atoms with E-state index in [9.17, 15) is 22.4 Å². The summed E-state index contributed by atoms with van der Waals surface area (Å²) in [6, 6.07) is 5.83. The van der Waals surface area contributed by atoms with Gasteiger partial charge in [0.05, 0.1) is 0 Å². The van der Waals surface area contributed by atoms with E-state index in [4.69, 9.17) is 5.11 Å². The second-order valence-electron chi connectivity index (χ2n) is 3.94. The van der Waals surface area contributed by atoms with Crippen LogP contribution in [0.15, 0.2) is 36.5 Å². The summed E-state index contributed by atoms with van der Waals surface area (Å²) in [5.41, 5.74) is -0.303. The Labute approximate surface area is 115 Å². The number of nitrogens with zero attached hydrogens (tertiary/aromatic N) is 1. The van der Waals surface area contributed by atoms with E-state index in [0.29, 0.717) is 0 Å². The molecule has 0 spiro atoms. The molecule has 1 N–H and O–H groups in total. The van der Waals surface area contributed by atoms with E-state index < -0.39 is 29.6 Å². The van der Waals surface area contributed by atoms with Crippen molar-refractivity contribution in [1.29, 1.82) is 0 Å². The van der Waals surface area contributed by atoms with E-state index in [1.54, 1.807) is 0 Å². The Morgan fingerprint density at radius 1 is 1.19 bits per heavy atom. The van der Waals surface area contributed by atoms with Gasteiger partial charge in [0, 0.05) is 11.8 Å². The molecule has 1 aromatic carbocycles. The second kappa shape index (κ2) is 5.39. The average molecular weight is 301 g/mol. The van der Waals surface area contributed by atoms with Gasteiger partial charge < -0.3 is 9.84 Å². The zero-order valence-electron chi connectivity index (χ0n) is 10.2. The van der Waals surface area contributed by atoms with Crippen molar-refractivity contribution in [3.8, 4) is 16.9 Å². The quantitative estimate of drug-likeness (QED) is 0.696. The number of carbonyl (C=O) groups is 1. The third-order valence-corrected chi connectivity index (χ3v) is 2.47. The lowest BCUT2D eigenvalue weighted by Crippen LogP contribution is -2.17. The molecule has 1 aromatic heterocycles. The average Bonchev–Trinajstić information content (AvgIpc) is 2.37. The smallest absolute Gasteiger partial charge is 0.478 e. The molecule has 0 aliphatic carbocycles. The summed E-state index contributed by atoms with van der Waals surface area (Å²) < 4.78 is 53.3. The van der Waals surface area contributed by atoms with E-state index in [-0.39, 0.29) is 11.1 Å². The number of aromatic carboxylic acids is 1. The normalized spacial score (nSPS) is 11.2. The van der Waals surface area contributed by atoms with E-state index in [1.165, 1.54) is 12.1 Å². The molecule has 0 unspecified atom stereocenters. The standard InChI is InChI=1S/C13H7F4NO3/c14-11-10(12(19)20)5-8(6-18-11)7-2-1-3-9(4-7)21-13(15,16)17/h1-6H,(H,19,20). The minimum Gasteiger partial charge on any atom is -0.478 e. The van der Waals surface area contributed by atoms with Crippen LogP contribution in [-0.4, -0.2) is 22.4 Å². The van der Waals surface area contributed by atoms with Gasteiger partial charge in [-0.15, -0.1) is 13.2 Å². The first-order chi connectivity index (χ1) is 9.76. The zero-order valence-corrected chi connectivity index (χ0v) is 10.2. The molecule has 21 heavy (non-hydrogen) atoms. The number of carboxylic acid groups (broad SMARTS) is 1. The molecule has 0 saturated heterocycles. The minimum absolute atomic E-state index is 0.154. The van der Waals surface area contributed by atoms with E-state index >= 15 is 0 Å². The van der Waals surface area contributed by atoms with Gasteiger partial charge in [0.15, 0.2) is 0 Å². The number of aromatic nitrogens is 1. The Morgan fingerprint density at radius 3 is 2.52 bits per heavy atom. The van der Waals surface area contributed by atoms with Crippen LogP contribution in [0.2, 0.25) is 0 Å². The lowest BCUT2D eigenvalue weighted by Gasteiger charge is -2.10.